The quantitative estimate of drug-likeness (QED) is 0.715. The molecule has 2 amide bonds. The van der Waals surface area contributed by atoms with Crippen molar-refractivity contribution in [2.24, 2.45) is 0 Å². The summed E-state index contributed by atoms with van der Waals surface area (Å²) in [6, 6.07) is 6.41. The molecule has 170 valence electrons. The third-order valence-corrected chi connectivity index (χ3v) is 6.20. The van der Waals surface area contributed by atoms with Crippen LogP contribution in [0, 0.1) is 19.7 Å². The normalized spacial score (nSPS) is 19.1. The second-order valence-corrected chi connectivity index (χ2v) is 8.51. The number of hydrogen-bond donors (Lipinski definition) is 0. The third kappa shape index (κ3) is 4.32. The Morgan fingerprint density at radius 2 is 1.94 bits per heavy atom. The summed E-state index contributed by atoms with van der Waals surface area (Å²) in [7, 11) is 1.58. The van der Waals surface area contributed by atoms with Crippen molar-refractivity contribution in [1.29, 1.82) is 0 Å². The predicted molar refractivity (Wildman–Crippen MR) is 121 cm³/mol. The Morgan fingerprint density at radius 3 is 2.59 bits per heavy atom. The van der Waals surface area contributed by atoms with Crippen LogP contribution in [-0.2, 0) is 9.53 Å². The summed E-state index contributed by atoms with van der Waals surface area (Å²) in [5, 5.41) is 0. The number of carbonyl (C=O) groups excluding carboxylic acids is 2. The molecular formula is C24H29FN4O3. The molecule has 1 unspecified atom stereocenters. The van der Waals surface area contributed by atoms with Gasteiger partial charge in [-0.3, -0.25) is 9.59 Å². The molecule has 32 heavy (non-hydrogen) atoms. The number of hydrogen-bond acceptors (Lipinski definition) is 5. The number of nitrogens with zero attached hydrogens (tertiary/aromatic N) is 4. The number of carbonyl (C=O) groups is 2. The maximum atomic E-state index is 14.9. The van der Waals surface area contributed by atoms with Crippen molar-refractivity contribution < 1.29 is 18.7 Å². The summed E-state index contributed by atoms with van der Waals surface area (Å²) in [6.07, 6.45) is 2.93. The fourth-order valence-electron chi connectivity index (χ4n) is 4.61. The van der Waals surface area contributed by atoms with Crippen LogP contribution in [0.4, 0.5) is 15.9 Å². The first-order valence-electron chi connectivity index (χ1n) is 11.0. The average molecular weight is 441 g/mol. The minimum atomic E-state index is -0.609. The van der Waals surface area contributed by atoms with E-state index in [1.54, 1.807) is 23.0 Å². The van der Waals surface area contributed by atoms with Gasteiger partial charge in [0.25, 0.3) is 5.91 Å². The highest BCUT2D eigenvalue weighted by molar-refractivity contribution is 5.98. The molecule has 0 spiro atoms. The van der Waals surface area contributed by atoms with Gasteiger partial charge in [-0.15, -0.1) is 0 Å². The first-order valence-corrected chi connectivity index (χ1v) is 11.0. The maximum absolute atomic E-state index is 14.9. The molecule has 1 aromatic heterocycles. The number of amides is 2. The Balaban J connectivity index is 1.44. The monoisotopic (exact) mass is 440 g/mol. The Morgan fingerprint density at radius 1 is 1.19 bits per heavy atom. The van der Waals surface area contributed by atoms with E-state index in [2.05, 4.69) is 16.0 Å². The van der Waals surface area contributed by atoms with Crippen LogP contribution in [0.5, 0.6) is 0 Å². The number of aromatic nitrogens is 1. The van der Waals surface area contributed by atoms with E-state index in [0.717, 1.165) is 16.9 Å². The van der Waals surface area contributed by atoms with Gasteiger partial charge in [0.05, 0.1) is 18.2 Å². The molecule has 0 N–H and O–H groups in total. The summed E-state index contributed by atoms with van der Waals surface area (Å²) in [6.45, 7) is 6.72. The van der Waals surface area contributed by atoms with E-state index in [1.807, 2.05) is 20.0 Å². The van der Waals surface area contributed by atoms with Gasteiger partial charge < -0.3 is 19.4 Å². The highest BCUT2D eigenvalue weighted by Crippen LogP contribution is 2.29. The molecule has 0 bridgehead atoms. The first kappa shape index (κ1) is 22.2. The topological polar surface area (TPSA) is 66.0 Å². The number of benzene rings is 1. The van der Waals surface area contributed by atoms with Crippen molar-refractivity contribution >= 4 is 23.3 Å². The molecule has 2 saturated heterocycles. The van der Waals surface area contributed by atoms with Crippen LogP contribution < -0.4 is 9.80 Å². The summed E-state index contributed by atoms with van der Waals surface area (Å²) in [4.78, 5) is 35.2. The molecule has 3 heterocycles. The van der Waals surface area contributed by atoms with Crippen LogP contribution in [0.2, 0.25) is 0 Å². The molecule has 0 aliphatic carbocycles. The van der Waals surface area contributed by atoms with E-state index in [1.165, 1.54) is 12.1 Å². The molecule has 8 heteroatoms. The Bertz CT molecular complexity index is 1020. The molecule has 2 aliphatic rings. The predicted octanol–water partition coefficient (Wildman–Crippen LogP) is 2.94. The van der Waals surface area contributed by atoms with E-state index in [4.69, 9.17) is 4.74 Å². The fraction of sp³-hybridized carbons (Fsp3) is 0.458. The molecule has 2 aromatic rings. The standard InChI is InChI=1S/C24H29FN4O3/c1-16-12-17(2)23(26-14-16)27-8-10-28(11-9-27)24(31)20-6-4-18(13-21(20)25)29-19(15-32-3)5-7-22(29)30/h4,6,12-14,19H,5,7-11,15H2,1-3H3. The van der Waals surface area contributed by atoms with Crippen LogP contribution in [-0.4, -0.2) is 67.6 Å². The number of ether oxygens (including phenoxy) is 1. The van der Waals surface area contributed by atoms with Gasteiger partial charge in [0.2, 0.25) is 5.91 Å². The van der Waals surface area contributed by atoms with Crippen LogP contribution in [0.15, 0.2) is 30.5 Å². The van der Waals surface area contributed by atoms with Gasteiger partial charge in [0.15, 0.2) is 0 Å². The van der Waals surface area contributed by atoms with Gasteiger partial charge >= 0.3 is 0 Å². The molecule has 4 rings (SSSR count). The van der Waals surface area contributed by atoms with Crippen molar-refractivity contribution in [3.8, 4) is 0 Å². The SMILES string of the molecule is COCC1CCC(=O)N1c1ccc(C(=O)N2CCN(c3ncc(C)cc3C)CC2)c(F)c1. The number of methoxy groups -OCH3 is 1. The average Bonchev–Trinajstić information content (AvgIpc) is 3.14. The Kier molecular flexibility index (Phi) is 6.41. The van der Waals surface area contributed by atoms with E-state index in [-0.39, 0.29) is 23.4 Å². The minimum Gasteiger partial charge on any atom is -0.383 e. The molecule has 0 saturated carbocycles. The number of aryl methyl sites for hydroxylation is 2. The van der Waals surface area contributed by atoms with Crippen molar-refractivity contribution in [1.82, 2.24) is 9.88 Å². The lowest BCUT2D eigenvalue weighted by atomic mass is 10.1. The fourth-order valence-corrected chi connectivity index (χ4v) is 4.61. The van der Waals surface area contributed by atoms with Gasteiger partial charge in [-0.05, 0) is 49.6 Å². The molecule has 2 fully saturated rings. The lowest BCUT2D eigenvalue weighted by Gasteiger charge is -2.36. The summed E-state index contributed by atoms with van der Waals surface area (Å²) in [5.74, 6) is -0.0638. The van der Waals surface area contributed by atoms with Crippen LogP contribution in [0.1, 0.15) is 34.3 Å². The summed E-state index contributed by atoms with van der Waals surface area (Å²) in [5.41, 5.74) is 2.72. The highest BCUT2D eigenvalue weighted by Gasteiger charge is 2.33. The zero-order valence-electron chi connectivity index (χ0n) is 18.8. The minimum absolute atomic E-state index is 0.0294. The van der Waals surface area contributed by atoms with Crippen LogP contribution >= 0.6 is 0 Å². The van der Waals surface area contributed by atoms with E-state index < -0.39 is 5.82 Å². The highest BCUT2D eigenvalue weighted by atomic mass is 19.1. The number of anilines is 2. The molecular weight excluding hydrogens is 411 g/mol. The molecule has 2 aliphatic heterocycles. The smallest absolute Gasteiger partial charge is 0.256 e. The third-order valence-electron chi connectivity index (χ3n) is 6.20. The van der Waals surface area contributed by atoms with Gasteiger partial charge in [-0.1, -0.05) is 6.07 Å². The van der Waals surface area contributed by atoms with Gasteiger partial charge in [0.1, 0.15) is 11.6 Å². The lowest BCUT2D eigenvalue weighted by Crippen LogP contribution is -2.49. The second-order valence-electron chi connectivity index (χ2n) is 8.51. The molecule has 1 atom stereocenters. The Labute approximate surface area is 187 Å². The van der Waals surface area contributed by atoms with E-state index >= 15 is 0 Å². The maximum Gasteiger partial charge on any atom is 0.256 e. The van der Waals surface area contributed by atoms with Crippen molar-refractivity contribution in [3.05, 3.63) is 53.0 Å². The summed E-state index contributed by atoms with van der Waals surface area (Å²) < 4.78 is 20.1. The number of piperazine rings is 1. The summed E-state index contributed by atoms with van der Waals surface area (Å²) >= 11 is 0. The van der Waals surface area contributed by atoms with Crippen molar-refractivity contribution in [2.45, 2.75) is 32.7 Å². The molecule has 7 nitrogen and oxygen atoms in total. The second kappa shape index (κ2) is 9.24. The van der Waals surface area contributed by atoms with Crippen molar-refractivity contribution in [2.75, 3.05) is 49.7 Å². The zero-order valence-corrected chi connectivity index (χ0v) is 18.8. The largest absolute Gasteiger partial charge is 0.383 e. The Hall–Kier alpha value is -3.00. The molecule has 0 radical (unpaired) electrons. The van der Waals surface area contributed by atoms with Gasteiger partial charge in [0, 0.05) is 51.6 Å². The molecule has 1 aromatic carbocycles. The lowest BCUT2D eigenvalue weighted by molar-refractivity contribution is -0.117. The van der Waals surface area contributed by atoms with Crippen LogP contribution in [0.25, 0.3) is 0 Å². The van der Waals surface area contributed by atoms with Crippen LogP contribution in [0.3, 0.4) is 0 Å². The first-order chi connectivity index (χ1) is 15.4. The number of halogens is 1. The number of rotatable bonds is 5. The van der Waals surface area contributed by atoms with Gasteiger partial charge in [-0.2, -0.15) is 0 Å². The number of pyridine rings is 1. The van der Waals surface area contributed by atoms with Gasteiger partial charge in [-0.25, -0.2) is 9.37 Å². The van der Waals surface area contributed by atoms with E-state index in [0.29, 0.717) is 51.3 Å². The van der Waals surface area contributed by atoms with E-state index in [9.17, 15) is 14.0 Å². The van der Waals surface area contributed by atoms with Crippen molar-refractivity contribution in [3.63, 3.8) is 0 Å². The zero-order chi connectivity index (χ0) is 22.8.